The van der Waals surface area contributed by atoms with E-state index in [9.17, 15) is 0 Å². The van der Waals surface area contributed by atoms with Crippen molar-refractivity contribution < 1.29 is 0 Å². The average Bonchev–Trinajstić information content (AvgIpc) is 2.42. The zero-order valence-corrected chi connectivity index (χ0v) is 12.4. The molecule has 0 spiro atoms. The van der Waals surface area contributed by atoms with Crippen LogP contribution in [0.25, 0.3) is 0 Å². The first kappa shape index (κ1) is 14.5. The van der Waals surface area contributed by atoms with Crippen LogP contribution in [0.5, 0.6) is 0 Å². The molecule has 3 N–H and O–H groups in total. The van der Waals surface area contributed by atoms with Gasteiger partial charge in [-0.2, -0.15) is 0 Å². The molecule has 2 heteroatoms. The van der Waals surface area contributed by atoms with Gasteiger partial charge in [0.25, 0.3) is 0 Å². The maximum atomic E-state index is 5.87. The van der Waals surface area contributed by atoms with Gasteiger partial charge < -0.3 is 0 Å². The molecule has 1 aliphatic rings. The lowest BCUT2D eigenvalue weighted by molar-refractivity contribution is 0.145. The lowest BCUT2D eigenvalue weighted by Gasteiger charge is -2.40. The molecule has 2 rings (SSSR count). The molecule has 1 aromatic carbocycles. The molecule has 0 bridgehead atoms. The quantitative estimate of drug-likeness (QED) is 0.617. The maximum Gasteiger partial charge on any atom is 0.0513 e. The van der Waals surface area contributed by atoms with Gasteiger partial charge in [-0.05, 0) is 35.8 Å². The van der Waals surface area contributed by atoms with Crippen molar-refractivity contribution in [3.8, 4) is 0 Å². The Kier molecular flexibility index (Phi) is 5.00. The first-order valence-corrected chi connectivity index (χ1v) is 7.74. The van der Waals surface area contributed by atoms with Gasteiger partial charge in [-0.25, -0.2) is 0 Å². The number of nitrogens with one attached hydrogen (secondary N) is 1. The molecule has 2 nitrogen and oxygen atoms in total. The van der Waals surface area contributed by atoms with E-state index in [1.807, 2.05) is 0 Å². The molecule has 106 valence electrons. The van der Waals surface area contributed by atoms with E-state index in [2.05, 4.69) is 43.5 Å². The van der Waals surface area contributed by atoms with Crippen LogP contribution < -0.4 is 11.3 Å². The van der Waals surface area contributed by atoms with Gasteiger partial charge in [0.15, 0.2) is 0 Å². The highest BCUT2D eigenvalue weighted by Gasteiger charge is 2.35. The van der Waals surface area contributed by atoms with E-state index in [0.717, 1.165) is 6.42 Å². The third kappa shape index (κ3) is 3.37. The van der Waals surface area contributed by atoms with Crippen LogP contribution >= 0.6 is 0 Å². The second-order valence-corrected chi connectivity index (χ2v) is 6.31. The van der Waals surface area contributed by atoms with Gasteiger partial charge in [0.2, 0.25) is 0 Å². The van der Waals surface area contributed by atoms with Crippen molar-refractivity contribution in [2.24, 2.45) is 11.3 Å². The minimum absolute atomic E-state index is 0.281. The van der Waals surface area contributed by atoms with Crippen LogP contribution in [0.1, 0.15) is 69.5 Å². The summed E-state index contributed by atoms with van der Waals surface area (Å²) >= 11 is 0. The van der Waals surface area contributed by atoms with Crippen LogP contribution in [0, 0.1) is 5.41 Å². The summed E-state index contributed by atoms with van der Waals surface area (Å²) in [5, 5.41) is 0. The van der Waals surface area contributed by atoms with Gasteiger partial charge in [-0.15, -0.1) is 0 Å². The van der Waals surface area contributed by atoms with E-state index in [4.69, 9.17) is 5.84 Å². The van der Waals surface area contributed by atoms with E-state index in [1.165, 1.54) is 49.7 Å². The highest BCUT2D eigenvalue weighted by molar-refractivity contribution is 5.26. The highest BCUT2D eigenvalue weighted by atomic mass is 15.2. The molecular formula is C17H28N2. The molecule has 19 heavy (non-hydrogen) atoms. The van der Waals surface area contributed by atoms with Crippen LogP contribution in [0.4, 0.5) is 0 Å². The molecule has 1 saturated carbocycles. The highest BCUT2D eigenvalue weighted by Crippen LogP contribution is 2.45. The van der Waals surface area contributed by atoms with Gasteiger partial charge in [-0.1, -0.05) is 63.8 Å². The van der Waals surface area contributed by atoms with E-state index >= 15 is 0 Å². The third-order valence-corrected chi connectivity index (χ3v) is 4.71. The SMILES string of the molecule is CCCc1ccc(C(NN)C2(C)CCCCC2)cc1. The molecule has 0 aromatic heterocycles. The summed E-state index contributed by atoms with van der Waals surface area (Å²) in [4.78, 5) is 0. The standard InChI is InChI=1S/C17H28N2/c1-3-7-14-8-10-15(11-9-14)16(19-18)17(2)12-5-4-6-13-17/h8-11,16,19H,3-7,12-13,18H2,1-2H3. The molecule has 1 fully saturated rings. The smallest absolute Gasteiger partial charge is 0.0513 e. The van der Waals surface area contributed by atoms with Gasteiger partial charge in [-0.3, -0.25) is 11.3 Å². The Labute approximate surface area is 117 Å². The number of aryl methyl sites for hydroxylation is 1. The number of nitrogens with two attached hydrogens (primary N) is 1. The van der Waals surface area contributed by atoms with Crippen LogP contribution in [0.2, 0.25) is 0 Å². The van der Waals surface area contributed by atoms with E-state index in [-0.39, 0.29) is 6.04 Å². The van der Waals surface area contributed by atoms with Crippen molar-refractivity contribution in [1.82, 2.24) is 5.43 Å². The number of hydrazine groups is 1. The monoisotopic (exact) mass is 260 g/mol. The van der Waals surface area contributed by atoms with Gasteiger partial charge in [0.1, 0.15) is 0 Å². The van der Waals surface area contributed by atoms with Crippen molar-refractivity contribution >= 4 is 0 Å². The van der Waals surface area contributed by atoms with Crippen molar-refractivity contribution in [2.45, 2.75) is 64.8 Å². The fraction of sp³-hybridized carbons (Fsp3) is 0.647. The molecule has 0 radical (unpaired) electrons. The first-order valence-electron chi connectivity index (χ1n) is 7.74. The summed E-state index contributed by atoms with van der Waals surface area (Å²) in [6.45, 7) is 4.61. The second kappa shape index (κ2) is 6.53. The fourth-order valence-corrected chi connectivity index (χ4v) is 3.51. The lowest BCUT2D eigenvalue weighted by atomic mass is 9.69. The van der Waals surface area contributed by atoms with Crippen molar-refractivity contribution in [1.29, 1.82) is 0 Å². The molecule has 1 aliphatic carbocycles. The largest absolute Gasteiger partial charge is 0.271 e. The van der Waals surface area contributed by atoms with Crippen molar-refractivity contribution in [2.75, 3.05) is 0 Å². The molecule has 1 aromatic rings. The average molecular weight is 260 g/mol. The summed E-state index contributed by atoms with van der Waals surface area (Å²) in [6.07, 6.45) is 8.97. The normalized spacial score (nSPS) is 20.2. The van der Waals surface area contributed by atoms with Crippen LogP contribution in [-0.4, -0.2) is 0 Å². The van der Waals surface area contributed by atoms with Crippen molar-refractivity contribution in [3.63, 3.8) is 0 Å². The summed E-state index contributed by atoms with van der Waals surface area (Å²) in [6, 6.07) is 9.32. The summed E-state index contributed by atoms with van der Waals surface area (Å²) in [5.41, 5.74) is 6.15. The fourth-order valence-electron chi connectivity index (χ4n) is 3.51. The second-order valence-electron chi connectivity index (χ2n) is 6.31. The Morgan fingerprint density at radius 3 is 2.32 bits per heavy atom. The predicted molar refractivity (Wildman–Crippen MR) is 81.7 cm³/mol. The summed E-state index contributed by atoms with van der Waals surface area (Å²) in [5.74, 6) is 5.87. The van der Waals surface area contributed by atoms with Crippen LogP contribution in [-0.2, 0) is 6.42 Å². The maximum absolute atomic E-state index is 5.87. The van der Waals surface area contributed by atoms with Gasteiger partial charge in [0, 0.05) is 0 Å². The Morgan fingerprint density at radius 2 is 1.79 bits per heavy atom. The van der Waals surface area contributed by atoms with E-state index in [1.54, 1.807) is 0 Å². The minimum Gasteiger partial charge on any atom is -0.271 e. The Morgan fingerprint density at radius 1 is 1.16 bits per heavy atom. The zero-order chi connectivity index (χ0) is 13.7. The van der Waals surface area contributed by atoms with Crippen LogP contribution in [0.15, 0.2) is 24.3 Å². The molecular weight excluding hydrogens is 232 g/mol. The summed E-state index contributed by atoms with van der Waals surface area (Å²) < 4.78 is 0. The Bertz CT molecular complexity index is 377. The Hall–Kier alpha value is -0.860. The predicted octanol–water partition coefficient (Wildman–Crippen LogP) is 4.11. The lowest BCUT2D eigenvalue weighted by Crippen LogP contribution is -2.41. The first-order chi connectivity index (χ1) is 9.19. The zero-order valence-electron chi connectivity index (χ0n) is 12.4. The van der Waals surface area contributed by atoms with E-state index in [0.29, 0.717) is 5.41 Å². The van der Waals surface area contributed by atoms with Gasteiger partial charge in [0.05, 0.1) is 6.04 Å². The third-order valence-electron chi connectivity index (χ3n) is 4.71. The molecule has 1 unspecified atom stereocenters. The molecule has 0 saturated heterocycles. The molecule has 1 atom stereocenters. The molecule has 0 aliphatic heterocycles. The topological polar surface area (TPSA) is 38.0 Å². The van der Waals surface area contributed by atoms with Crippen molar-refractivity contribution in [3.05, 3.63) is 35.4 Å². The Balaban J connectivity index is 2.16. The summed E-state index contributed by atoms with van der Waals surface area (Å²) in [7, 11) is 0. The minimum atomic E-state index is 0.281. The van der Waals surface area contributed by atoms with Crippen LogP contribution in [0.3, 0.4) is 0 Å². The molecule has 0 heterocycles. The number of benzene rings is 1. The van der Waals surface area contributed by atoms with Gasteiger partial charge >= 0.3 is 0 Å². The number of hydrogen-bond acceptors (Lipinski definition) is 2. The number of hydrogen-bond donors (Lipinski definition) is 2. The number of rotatable bonds is 5. The van der Waals surface area contributed by atoms with E-state index < -0.39 is 0 Å². The molecule has 0 amide bonds.